The maximum atomic E-state index is 5.85. The van der Waals surface area contributed by atoms with Gasteiger partial charge in [-0.05, 0) is 26.8 Å². The monoisotopic (exact) mass is 250 g/mol. The molecule has 1 aromatic rings. The number of rotatable bonds is 5. The summed E-state index contributed by atoms with van der Waals surface area (Å²) in [5.74, 6) is 1.10. The largest absolute Gasteiger partial charge is 0.493 e. The first-order valence-corrected chi connectivity index (χ1v) is 7.22. The molecule has 3 N–H and O–H groups in total. The van der Waals surface area contributed by atoms with E-state index in [1.54, 1.807) is 4.90 Å². The molecule has 0 amide bonds. The van der Waals surface area contributed by atoms with Crippen LogP contribution >= 0.6 is 0 Å². The quantitative estimate of drug-likeness (QED) is 0.764. The number of fused-ring (bicyclic) bond motifs is 1. The smallest absolute Gasteiger partial charge is 0.167 e. The minimum atomic E-state index is 0.575. The fourth-order valence-corrected chi connectivity index (χ4v) is 3.08. The molecule has 100 valence electrons. The van der Waals surface area contributed by atoms with Crippen LogP contribution < -0.4 is 15.0 Å². The fraction of sp³-hybridized carbons (Fsp3) is 0.600. The molecular formula is C15H26N2O+2. The summed E-state index contributed by atoms with van der Waals surface area (Å²) in [7, 11) is 0. The maximum Gasteiger partial charge on any atom is 0.167 e. The third-order valence-corrected chi connectivity index (χ3v) is 3.97. The van der Waals surface area contributed by atoms with E-state index in [0.29, 0.717) is 6.04 Å². The molecule has 0 unspecified atom stereocenters. The molecular weight excluding hydrogens is 224 g/mol. The van der Waals surface area contributed by atoms with E-state index in [-0.39, 0.29) is 0 Å². The van der Waals surface area contributed by atoms with E-state index >= 15 is 0 Å². The Balaban J connectivity index is 2.39. The lowest BCUT2D eigenvalue weighted by atomic mass is 9.94. The second-order valence-corrected chi connectivity index (χ2v) is 4.91. The summed E-state index contributed by atoms with van der Waals surface area (Å²) < 4.78 is 5.85. The van der Waals surface area contributed by atoms with Gasteiger partial charge in [-0.3, -0.25) is 0 Å². The first-order chi connectivity index (χ1) is 8.81. The Hall–Kier alpha value is -1.06. The van der Waals surface area contributed by atoms with Crippen molar-refractivity contribution in [2.75, 3.05) is 26.2 Å². The van der Waals surface area contributed by atoms with Crippen LogP contribution in [0.3, 0.4) is 0 Å². The fourth-order valence-electron chi connectivity index (χ4n) is 3.08. The molecule has 3 nitrogen and oxygen atoms in total. The number of likely N-dealkylation sites (N-methyl/N-ethyl adjacent to an activating group) is 1. The van der Waals surface area contributed by atoms with Gasteiger partial charge in [-0.1, -0.05) is 12.1 Å². The first-order valence-electron chi connectivity index (χ1n) is 7.22. The van der Waals surface area contributed by atoms with Crippen molar-refractivity contribution in [3.63, 3.8) is 0 Å². The van der Waals surface area contributed by atoms with E-state index in [0.717, 1.165) is 18.9 Å². The van der Waals surface area contributed by atoms with Crippen LogP contribution in [0.1, 0.15) is 37.9 Å². The van der Waals surface area contributed by atoms with Crippen molar-refractivity contribution < 1.29 is 15.0 Å². The average Bonchev–Trinajstić information content (AvgIpc) is 2.41. The van der Waals surface area contributed by atoms with Gasteiger partial charge >= 0.3 is 0 Å². The van der Waals surface area contributed by atoms with Crippen molar-refractivity contribution in [1.29, 1.82) is 0 Å². The predicted octanol–water partition coefficient (Wildman–Crippen LogP) is 0.128. The Morgan fingerprint density at radius 1 is 1.28 bits per heavy atom. The van der Waals surface area contributed by atoms with E-state index in [1.165, 1.54) is 30.8 Å². The highest BCUT2D eigenvalue weighted by Crippen LogP contribution is 2.28. The summed E-state index contributed by atoms with van der Waals surface area (Å²) in [4.78, 5) is 1.65. The second-order valence-electron chi connectivity index (χ2n) is 4.91. The van der Waals surface area contributed by atoms with Crippen molar-refractivity contribution >= 4 is 0 Å². The Labute approximate surface area is 110 Å². The molecule has 0 saturated heterocycles. The van der Waals surface area contributed by atoms with Gasteiger partial charge in [0.15, 0.2) is 6.04 Å². The van der Waals surface area contributed by atoms with E-state index in [2.05, 4.69) is 44.3 Å². The van der Waals surface area contributed by atoms with Crippen molar-refractivity contribution in [3.8, 4) is 5.75 Å². The third-order valence-electron chi connectivity index (χ3n) is 3.97. The van der Waals surface area contributed by atoms with Crippen LogP contribution in [0, 0.1) is 0 Å². The lowest BCUT2D eigenvalue weighted by Gasteiger charge is -2.31. The molecule has 0 bridgehead atoms. The van der Waals surface area contributed by atoms with Gasteiger partial charge in [-0.2, -0.15) is 0 Å². The second kappa shape index (κ2) is 6.21. The SMILES string of the molecule is CCOc1cccc2c1[C@H]([NH+](CC)CC)C[NH2+]C2. The topological polar surface area (TPSA) is 30.3 Å². The molecule has 0 aromatic heterocycles. The molecule has 3 heteroatoms. The molecule has 1 aliphatic rings. The summed E-state index contributed by atoms with van der Waals surface area (Å²) >= 11 is 0. The van der Waals surface area contributed by atoms with E-state index in [9.17, 15) is 0 Å². The highest BCUT2D eigenvalue weighted by molar-refractivity contribution is 5.42. The van der Waals surface area contributed by atoms with Gasteiger partial charge in [-0.15, -0.1) is 0 Å². The van der Waals surface area contributed by atoms with Gasteiger partial charge in [0.05, 0.1) is 25.3 Å². The van der Waals surface area contributed by atoms with Gasteiger partial charge in [0, 0.05) is 5.56 Å². The van der Waals surface area contributed by atoms with Crippen LogP contribution in [0.5, 0.6) is 5.75 Å². The lowest BCUT2D eigenvalue weighted by molar-refractivity contribution is -0.945. The number of benzene rings is 1. The standard InChI is InChI=1S/C15H24N2O/c1-4-17(5-2)13-11-16-10-12-8-7-9-14(15(12)13)18-6-3/h7-9,13,16H,4-6,10-11H2,1-3H3/p+2/t13-/m1/s1. The van der Waals surface area contributed by atoms with Crippen molar-refractivity contribution in [3.05, 3.63) is 29.3 Å². The predicted molar refractivity (Wildman–Crippen MR) is 72.9 cm³/mol. The average molecular weight is 250 g/mol. The van der Waals surface area contributed by atoms with E-state index in [4.69, 9.17) is 4.74 Å². The zero-order valence-corrected chi connectivity index (χ0v) is 11.8. The van der Waals surface area contributed by atoms with Crippen LogP contribution in [0.4, 0.5) is 0 Å². The molecule has 0 aliphatic carbocycles. The van der Waals surface area contributed by atoms with Crippen LogP contribution in [0.15, 0.2) is 18.2 Å². The third kappa shape index (κ3) is 2.52. The van der Waals surface area contributed by atoms with Gasteiger partial charge in [-0.25, -0.2) is 0 Å². The van der Waals surface area contributed by atoms with Crippen LogP contribution in [0.2, 0.25) is 0 Å². The minimum Gasteiger partial charge on any atom is -0.493 e. The van der Waals surface area contributed by atoms with Crippen molar-refractivity contribution in [2.24, 2.45) is 0 Å². The summed E-state index contributed by atoms with van der Waals surface area (Å²) in [6.07, 6.45) is 0. The number of ether oxygens (including phenoxy) is 1. The number of quaternary nitrogens is 2. The molecule has 1 aromatic carbocycles. The molecule has 0 saturated carbocycles. The first kappa shape index (κ1) is 13.4. The Morgan fingerprint density at radius 2 is 2.06 bits per heavy atom. The van der Waals surface area contributed by atoms with Crippen LogP contribution in [-0.4, -0.2) is 26.2 Å². The highest BCUT2D eigenvalue weighted by Gasteiger charge is 2.32. The number of hydrogen-bond acceptors (Lipinski definition) is 1. The highest BCUT2D eigenvalue weighted by atomic mass is 16.5. The summed E-state index contributed by atoms with van der Waals surface area (Å²) in [5, 5.41) is 2.42. The minimum absolute atomic E-state index is 0.575. The lowest BCUT2D eigenvalue weighted by Crippen LogP contribution is -3.14. The van der Waals surface area contributed by atoms with Gasteiger partial charge < -0.3 is 15.0 Å². The summed E-state index contributed by atoms with van der Waals surface area (Å²) in [5.41, 5.74) is 2.91. The van der Waals surface area contributed by atoms with Crippen molar-refractivity contribution in [2.45, 2.75) is 33.4 Å². The zero-order chi connectivity index (χ0) is 13.0. The summed E-state index contributed by atoms with van der Waals surface area (Å²) in [6.45, 7) is 12.0. The molecule has 0 fully saturated rings. The van der Waals surface area contributed by atoms with Crippen LogP contribution in [0.25, 0.3) is 0 Å². The number of nitrogens with two attached hydrogens (primary N) is 1. The molecule has 1 heterocycles. The summed E-state index contributed by atoms with van der Waals surface area (Å²) in [6, 6.07) is 7.08. The Kier molecular flexibility index (Phi) is 4.61. The normalized spacial score (nSPS) is 18.8. The van der Waals surface area contributed by atoms with Crippen LogP contribution in [-0.2, 0) is 6.54 Å². The van der Waals surface area contributed by atoms with E-state index in [1.807, 2.05) is 0 Å². The molecule has 2 rings (SSSR count). The van der Waals surface area contributed by atoms with E-state index < -0.39 is 0 Å². The van der Waals surface area contributed by atoms with Crippen molar-refractivity contribution in [1.82, 2.24) is 0 Å². The number of hydrogen-bond donors (Lipinski definition) is 2. The maximum absolute atomic E-state index is 5.85. The zero-order valence-electron chi connectivity index (χ0n) is 11.8. The number of nitrogens with one attached hydrogen (secondary N) is 1. The Morgan fingerprint density at radius 3 is 2.72 bits per heavy atom. The molecule has 0 radical (unpaired) electrons. The molecule has 0 spiro atoms. The van der Waals surface area contributed by atoms with Gasteiger partial charge in [0.25, 0.3) is 0 Å². The Bertz CT molecular complexity index is 388. The van der Waals surface area contributed by atoms with Gasteiger partial charge in [0.2, 0.25) is 0 Å². The molecule has 18 heavy (non-hydrogen) atoms. The molecule has 1 atom stereocenters. The van der Waals surface area contributed by atoms with Gasteiger partial charge in [0.1, 0.15) is 18.8 Å². The molecule has 1 aliphatic heterocycles.